The number of hydrogen-bond donors (Lipinski definition) is 1. The van der Waals surface area contributed by atoms with Crippen LogP contribution >= 0.6 is 12.4 Å². The number of benzene rings is 2. The molecule has 1 fully saturated rings. The Hall–Kier alpha value is -3.50. The Kier molecular flexibility index (Phi) is 8.68. The molecule has 0 radical (unpaired) electrons. The van der Waals surface area contributed by atoms with Crippen LogP contribution in [0.1, 0.15) is 21.5 Å². The molecule has 7 nitrogen and oxygen atoms in total. The van der Waals surface area contributed by atoms with Gasteiger partial charge in [0.1, 0.15) is 11.6 Å². The lowest BCUT2D eigenvalue weighted by Crippen LogP contribution is -2.44. The molecule has 2 aromatic rings. The largest absolute Gasteiger partial charge is 0.465 e. The van der Waals surface area contributed by atoms with Crippen molar-refractivity contribution in [3.05, 3.63) is 70.9 Å². The zero-order chi connectivity index (χ0) is 22.4. The van der Waals surface area contributed by atoms with E-state index in [1.54, 1.807) is 30.5 Å². The summed E-state index contributed by atoms with van der Waals surface area (Å²) in [5, 5.41) is 12.2. The van der Waals surface area contributed by atoms with E-state index in [-0.39, 0.29) is 23.5 Å². The average Bonchev–Trinajstić information content (AvgIpc) is 2.79. The van der Waals surface area contributed by atoms with Gasteiger partial charge in [-0.2, -0.15) is 5.26 Å². The van der Waals surface area contributed by atoms with E-state index in [2.05, 4.69) is 42.3 Å². The Bertz CT molecular complexity index is 1050. The van der Waals surface area contributed by atoms with Crippen molar-refractivity contribution in [3.63, 3.8) is 0 Å². The number of amides is 1. The normalized spacial score (nSPS) is 13.6. The lowest BCUT2D eigenvalue weighted by atomic mass is 10.1. The fourth-order valence-corrected chi connectivity index (χ4v) is 3.56. The third kappa shape index (κ3) is 5.59. The summed E-state index contributed by atoms with van der Waals surface area (Å²) in [4.78, 5) is 28.9. The molecule has 0 unspecified atom stereocenters. The van der Waals surface area contributed by atoms with Crippen LogP contribution in [0.4, 0.5) is 11.4 Å². The molecule has 3 rings (SSSR count). The predicted molar refractivity (Wildman–Crippen MR) is 127 cm³/mol. The minimum atomic E-state index is -0.559. The third-order valence-electron chi connectivity index (χ3n) is 5.49. The van der Waals surface area contributed by atoms with Gasteiger partial charge in [0.25, 0.3) is 5.91 Å². The van der Waals surface area contributed by atoms with E-state index >= 15 is 0 Å². The molecule has 1 aliphatic rings. The second kappa shape index (κ2) is 11.2. The third-order valence-corrected chi connectivity index (χ3v) is 5.49. The fourth-order valence-electron chi connectivity index (χ4n) is 3.56. The Balaban J connectivity index is 0.00000363. The van der Waals surface area contributed by atoms with E-state index in [1.165, 1.54) is 23.9 Å². The summed E-state index contributed by atoms with van der Waals surface area (Å²) < 4.78 is 4.75. The van der Waals surface area contributed by atoms with Crippen LogP contribution in [0.15, 0.2) is 54.2 Å². The van der Waals surface area contributed by atoms with Gasteiger partial charge >= 0.3 is 5.97 Å². The van der Waals surface area contributed by atoms with Crippen molar-refractivity contribution in [1.29, 1.82) is 5.26 Å². The Morgan fingerprint density at radius 3 is 2.41 bits per heavy atom. The number of nitriles is 1. The first-order chi connectivity index (χ1) is 14.9. The summed E-state index contributed by atoms with van der Waals surface area (Å²) in [6.07, 6.45) is 1.59. The number of rotatable bonds is 5. The van der Waals surface area contributed by atoms with Crippen molar-refractivity contribution in [2.24, 2.45) is 0 Å². The molecule has 1 heterocycles. The molecule has 0 atom stereocenters. The van der Waals surface area contributed by atoms with Gasteiger partial charge in [0.15, 0.2) is 0 Å². The summed E-state index contributed by atoms with van der Waals surface area (Å²) in [5.41, 5.74) is 4.28. The van der Waals surface area contributed by atoms with Gasteiger partial charge in [-0.25, -0.2) is 4.79 Å². The van der Waals surface area contributed by atoms with Gasteiger partial charge in [0.2, 0.25) is 0 Å². The zero-order valence-electron chi connectivity index (χ0n) is 18.4. The summed E-state index contributed by atoms with van der Waals surface area (Å²) in [7, 11) is 1.28. The first-order valence-electron chi connectivity index (χ1n) is 10.1. The van der Waals surface area contributed by atoms with E-state index in [0.29, 0.717) is 18.8 Å². The van der Waals surface area contributed by atoms with E-state index in [4.69, 9.17) is 4.74 Å². The average molecular weight is 455 g/mol. The number of halogens is 1. The van der Waals surface area contributed by atoms with Crippen LogP contribution in [0, 0.1) is 25.2 Å². The smallest absolute Gasteiger partial charge is 0.339 e. The lowest BCUT2D eigenvalue weighted by Gasteiger charge is -2.36. The van der Waals surface area contributed by atoms with Crippen LogP contribution in [-0.4, -0.2) is 50.1 Å². The van der Waals surface area contributed by atoms with E-state index < -0.39 is 11.9 Å². The molecule has 1 amide bonds. The standard InChI is InChI=1S/C24H26N4O3.ClH/c1-17-7-6-10-22(18(17)2)28-13-11-27(12-14-28)16-19(15-25)23(29)26-21-9-5-4-8-20(21)24(30)31-3;/h4-10,16H,11-14H2,1-3H3,(H,26,29);1H/b19-16-;. The van der Waals surface area contributed by atoms with Crippen molar-refractivity contribution >= 4 is 35.7 Å². The number of nitrogens with one attached hydrogen (secondary N) is 1. The number of hydrogen-bond acceptors (Lipinski definition) is 6. The van der Waals surface area contributed by atoms with Crippen LogP contribution in [-0.2, 0) is 9.53 Å². The highest BCUT2D eigenvalue weighted by Crippen LogP contribution is 2.24. The van der Waals surface area contributed by atoms with Crippen molar-refractivity contribution < 1.29 is 14.3 Å². The number of aryl methyl sites for hydroxylation is 1. The molecule has 32 heavy (non-hydrogen) atoms. The van der Waals surface area contributed by atoms with Crippen molar-refractivity contribution in [3.8, 4) is 6.07 Å². The molecule has 0 saturated carbocycles. The van der Waals surface area contributed by atoms with Gasteiger partial charge in [0.05, 0.1) is 18.4 Å². The number of piperazine rings is 1. The van der Waals surface area contributed by atoms with Gasteiger partial charge in [-0.05, 0) is 43.2 Å². The first-order valence-corrected chi connectivity index (χ1v) is 10.1. The quantitative estimate of drug-likeness (QED) is 0.421. The van der Waals surface area contributed by atoms with Gasteiger partial charge in [0, 0.05) is 38.1 Å². The minimum absolute atomic E-state index is 0. The summed E-state index contributed by atoms with van der Waals surface area (Å²) >= 11 is 0. The molecule has 0 aromatic heterocycles. The highest BCUT2D eigenvalue weighted by molar-refractivity contribution is 6.09. The van der Waals surface area contributed by atoms with Crippen LogP contribution in [0.2, 0.25) is 0 Å². The lowest BCUT2D eigenvalue weighted by molar-refractivity contribution is -0.112. The molecule has 0 aliphatic carbocycles. The molecule has 1 saturated heterocycles. The summed E-state index contributed by atoms with van der Waals surface area (Å²) in [5.74, 6) is -1.11. The minimum Gasteiger partial charge on any atom is -0.465 e. The molecule has 0 bridgehead atoms. The molecule has 168 valence electrons. The maximum Gasteiger partial charge on any atom is 0.339 e. The SMILES string of the molecule is COC(=O)c1ccccc1NC(=O)/C(C#N)=C\N1CCN(c2cccc(C)c2C)CC1.Cl. The number of ether oxygens (including phenoxy) is 1. The Labute approximate surface area is 194 Å². The molecule has 1 N–H and O–H groups in total. The maximum absolute atomic E-state index is 12.7. The number of para-hydroxylation sites is 1. The predicted octanol–water partition coefficient (Wildman–Crippen LogP) is 3.68. The first kappa shape index (κ1) is 24.8. The number of anilines is 2. The van der Waals surface area contributed by atoms with Crippen molar-refractivity contribution in [2.75, 3.05) is 43.5 Å². The number of nitrogens with zero attached hydrogens (tertiary/aromatic N) is 3. The van der Waals surface area contributed by atoms with Crippen LogP contribution < -0.4 is 10.2 Å². The van der Waals surface area contributed by atoms with Gasteiger partial charge in [-0.1, -0.05) is 24.3 Å². The number of carbonyl (C=O) groups is 2. The van der Waals surface area contributed by atoms with Crippen LogP contribution in [0.25, 0.3) is 0 Å². The second-order valence-corrected chi connectivity index (χ2v) is 7.39. The van der Waals surface area contributed by atoms with Gasteiger partial charge in [-0.15, -0.1) is 12.4 Å². The molecule has 0 spiro atoms. The highest BCUT2D eigenvalue weighted by atomic mass is 35.5. The van der Waals surface area contributed by atoms with Crippen molar-refractivity contribution in [2.45, 2.75) is 13.8 Å². The van der Waals surface area contributed by atoms with Crippen molar-refractivity contribution in [1.82, 2.24) is 4.90 Å². The number of esters is 1. The Morgan fingerprint density at radius 1 is 1.06 bits per heavy atom. The topological polar surface area (TPSA) is 85.7 Å². The molecule has 1 aliphatic heterocycles. The fraction of sp³-hybridized carbons (Fsp3) is 0.292. The Morgan fingerprint density at radius 2 is 1.75 bits per heavy atom. The van der Waals surface area contributed by atoms with Gasteiger partial charge in [-0.3, -0.25) is 4.79 Å². The second-order valence-electron chi connectivity index (χ2n) is 7.39. The highest BCUT2D eigenvalue weighted by Gasteiger charge is 2.20. The summed E-state index contributed by atoms with van der Waals surface area (Å²) in [6.45, 7) is 7.23. The van der Waals surface area contributed by atoms with Crippen LogP contribution in [0.3, 0.4) is 0 Å². The zero-order valence-corrected chi connectivity index (χ0v) is 19.2. The van der Waals surface area contributed by atoms with E-state index in [1.807, 2.05) is 11.0 Å². The molecular weight excluding hydrogens is 428 g/mol. The number of carbonyl (C=O) groups excluding carboxylic acids is 2. The van der Waals surface area contributed by atoms with E-state index in [0.717, 1.165) is 13.1 Å². The van der Waals surface area contributed by atoms with Gasteiger partial charge < -0.3 is 19.9 Å². The van der Waals surface area contributed by atoms with E-state index in [9.17, 15) is 14.9 Å². The monoisotopic (exact) mass is 454 g/mol. The number of methoxy groups -OCH3 is 1. The molecule has 2 aromatic carbocycles. The van der Waals surface area contributed by atoms with Crippen LogP contribution in [0.5, 0.6) is 0 Å². The molecular formula is C24H27ClN4O3. The summed E-state index contributed by atoms with van der Waals surface area (Å²) in [6, 6.07) is 14.8. The molecule has 8 heteroatoms. The maximum atomic E-state index is 12.7.